The van der Waals surface area contributed by atoms with Gasteiger partial charge in [0.05, 0.1) is 19.2 Å². The molecule has 0 aromatic heterocycles. The molecule has 5 nitrogen and oxygen atoms in total. The zero-order chi connectivity index (χ0) is 19.4. The summed E-state index contributed by atoms with van der Waals surface area (Å²) in [4.78, 5) is 26.2. The Labute approximate surface area is 163 Å². The van der Waals surface area contributed by atoms with Crippen LogP contribution in [-0.4, -0.2) is 32.5 Å². The minimum atomic E-state index is -0.158. The van der Waals surface area contributed by atoms with Crippen LogP contribution in [0.3, 0.4) is 0 Å². The van der Waals surface area contributed by atoms with Crippen molar-refractivity contribution in [3.05, 3.63) is 58.6 Å². The first-order chi connectivity index (χ1) is 13.0. The van der Waals surface area contributed by atoms with E-state index in [1.54, 1.807) is 41.3 Å². The Morgan fingerprint density at radius 2 is 2.00 bits per heavy atom. The number of carbonyl (C=O) groups excluding carboxylic acids is 2. The molecule has 2 aromatic carbocycles. The summed E-state index contributed by atoms with van der Waals surface area (Å²) in [5, 5.41) is 0.401. The highest BCUT2D eigenvalue weighted by Crippen LogP contribution is 2.36. The van der Waals surface area contributed by atoms with Crippen LogP contribution in [-0.2, 0) is 4.79 Å². The Morgan fingerprint density at radius 1 is 1.19 bits per heavy atom. The molecule has 0 spiro atoms. The fourth-order valence-electron chi connectivity index (χ4n) is 3.05. The number of amides is 1. The van der Waals surface area contributed by atoms with Gasteiger partial charge >= 0.3 is 0 Å². The zero-order valence-electron chi connectivity index (χ0n) is 15.2. The summed E-state index contributed by atoms with van der Waals surface area (Å²) >= 11 is 6.19. The molecular formula is C21H20ClNO4. The quantitative estimate of drug-likeness (QED) is 0.547. The Balaban J connectivity index is 1.81. The van der Waals surface area contributed by atoms with Crippen molar-refractivity contribution in [3.63, 3.8) is 0 Å². The van der Waals surface area contributed by atoms with Gasteiger partial charge in [0.1, 0.15) is 0 Å². The minimum Gasteiger partial charge on any atom is -0.493 e. The predicted octanol–water partition coefficient (Wildman–Crippen LogP) is 4.38. The smallest absolute Gasteiger partial charge is 0.227 e. The zero-order valence-corrected chi connectivity index (χ0v) is 16.0. The van der Waals surface area contributed by atoms with Crippen molar-refractivity contribution in [2.45, 2.75) is 12.8 Å². The standard InChI is InChI=1S/C21H20ClNO4/c1-26-19-12-14(11-17(22)21(19)27-2)8-9-18(24)15-5-3-6-16(13-15)23-10-4-7-20(23)25/h3,5-6,8-9,11-13H,4,7,10H2,1-2H3. The minimum absolute atomic E-state index is 0.0927. The van der Waals surface area contributed by atoms with Gasteiger partial charge < -0.3 is 14.4 Å². The molecule has 1 heterocycles. The summed E-state index contributed by atoms with van der Waals surface area (Å²) in [6, 6.07) is 10.6. The molecule has 1 aliphatic heterocycles. The highest BCUT2D eigenvalue weighted by molar-refractivity contribution is 6.32. The summed E-state index contributed by atoms with van der Waals surface area (Å²) in [6.45, 7) is 0.691. The fraction of sp³-hybridized carbons (Fsp3) is 0.238. The maximum Gasteiger partial charge on any atom is 0.227 e. The number of allylic oxidation sites excluding steroid dienone is 1. The third-order valence-corrected chi connectivity index (χ3v) is 4.68. The number of benzene rings is 2. The van der Waals surface area contributed by atoms with Crippen LogP contribution in [0.1, 0.15) is 28.8 Å². The Morgan fingerprint density at radius 3 is 2.67 bits per heavy atom. The monoisotopic (exact) mass is 385 g/mol. The average Bonchev–Trinajstić information content (AvgIpc) is 3.11. The highest BCUT2D eigenvalue weighted by atomic mass is 35.5. The third-order valence-electron chi connectivity index (χ3n) is 4.40. The van der Waals surface area contributed by atoms with E-state index in [-0.39, 0.29) is 11.7 Å². The highest BCUT2D eigenvalue weighted by Gasteiger charge is 2.22. The van der Waals surface area contributed by atoms with E-state index in [4.69, 9.17) is 21.1 Å². The second-order valence-corrected chi connectivity index (χ2v) is 6.54. The van der Waals surface area contributed by atoms with Crippen molar-refractivity contribution in [2.75, 3.05) is 25.7 Å². The first-order valence-electron chi connectivity index (χ1n) is 8.58. The molecule has 6 heteroatoms. The summed E-state index contributed by atoms with van der Waals surface area (Å²) in [7, 11) is 3.04. The van der Waals surface area contributed by atoms with E-state index < -0.39 is 0 Å². The van der Waals surface area contributed by atoms with E-state index in [0.717, 1.165) is 17.7 Å². The van der Waals surface area contributed by atoms with Gasteiger partial charge in [-0.25, -0.2) is 0 Å². The first-order valence-corrected chi connectivity index (χ1v) is 8.95. The number of halogens is 1. The maximum atomic E-state index is 12.5. The second kappa shape index (κ2) is 8.27. The van der Waals surface area contributed by atoms with E-state index >= 15 is 0 Å². The van der Waals surface area contributed by atoms with Gasteiger partial charge in [-0.15, -0.1) is 0 Å². The van der Waals surface area contributed by atoms with Gasteiger partial charge in [0.25, 0.3) is 0 Å². The van der Waals surface area contributed by atoms with E-state index in [9.17, 15) is 9.59 Å². The van der Waals surface area contributed by atoms with Crippen LogP contribution in [0.2, 0.25) is 5.02 Å². The van der Waals surface area contributed by atoms with Crippen molar-refractivity contribution in [1.29, 1.82) is 0 Å². The van der Waals surface area contributed by atoms with Gasteiger partial charge in [0.15, 0.2) is 17.3 Å². The third kappa shape index (κ3) is 4.14. The number of nitrogens with zero attached hydrogens (tertiary/aromatic N) is 1. The number of carbonyl (C=O) groups is 2. The largest absolute Gasteiger partial charge is 0.493 e. The van der Waals surface area contributed by atoms with E-state index in [0.29, 0.717) is 35.1 Å². The van der Waals surface area contributed by atoms with Crippen molar-refractivity contribution in [3.8, 4) is 11.5 Å². The molecule has 0 N–H and O–H groups in total. The lowest BCUT2D eigenvalue weighted by Crippen LogP contribution is -2.23. The number of ketones is 1. The van der Waals surface area contributed by atoms with Gasteiger partial charge in [0, 0.05) is 24.2 Å². The molecule has 140 valence electrons. The molecular weight excluding hydrogens is 366 g/mol. The molecule has 1 fully saturated rings. The molecule has 2 aromatic rings. The number of hydrogen-bond acceptors (Lipinski definition) is 4. The van der Waals surface area contributed by atoms with Crippen molar-refractivity contribution in [1.82, 2.24) is 0 Å². The second-order valence-electron chi connectivity index (χ2n) is 6.14. The van der Waals surface area contributed by atoms with Crippen LogP contribution >= 0.6 is 11.6 Å². The van der Waals surface area contributed by atoms with E-state index in [1.807, 2.05) is 6.07 Å². The summed E-state index contributed by atoms with van der Waals surface area (Å²) < 4.78 is 10.5. The Kier molecular flexibility index (Phi) is 5.81. The van der Waals surface area contributed by atoms with Crippen LogP contribution in [0.4, 0.5) is 5.69 Å². The topological polar surface area (TPSA) is 55.8 Å². The molecule has 0 aliphatic carbocycles. The number of methoxy groups -OCH3 is 2. The van der Waals surface area contributed by atoms with Gasteiger partial charge in [0.2, 0.25) is 5.91 Å². The SMILES string of the molecule is COc1cc(C=CC(=O)c2cccc(N3CCCC3=O)c2)cc(Cl)c1OC. The lowest BCUT2D eigenvalue weighted by molar-refractivity contribution is -0.117. The van der Waals surface area contributed by atoms with Crippen LogP contribution in [0.15, 0.2) is 42.5 Å². The molecule has 0 unspecified atom stereocenters. The van der Waals surface area contributed by atoms with Gasteiger partial charge in [-0.1, -0.05) is 29.8 Å². The van der Waals surface area contributed by atoms with Gasteiger partial charge in [-0.3, -0.25) is 9.59 Å². The molecule has 3 rings (SSSR count). The van der Waals surface area contributed by atoms with Crippen molar-refractivity contribution >= 4 is 35.1 Å². The number of hydrogen-bond donors (Lipinski definition) is 0. The molecule has 1 saturated heterocycles. The summed E-state index contributed by atoms with van der Waals surface area (Å²) in [5.41, 5.74) is 2.00. The van der Waals surface area contributed by atoms with Crippen molar-refractivity contribution < 1.29 is 19.1 Å². The van der Waals surface area contributed by atoms with Gasteiger partial charge in [-0.2, -0.15) is 0 Å². The maximum absolute atomic E-state index is 12.5. The molecule has 27 heavy (non-hydrogen) atoms. The molecule has 1 amide bonds. The molecule has 0 bridgehead atoms. The van der Waals surface area contributed by atoms with E-state index in [2.05, 4.69) is 0 Å². The van der Waals surface area contributed by atoms with Crippen LogP contribution in [0.5, 0.6) is 11.5 Å². The molecule has 0 saturated carbocycles. The van der Waals surface area contributed by atoms with Crippen LogP contribution in [0.25, 0.3) is 6.08 Å². The molecule has 1 aliphatic rings. The lowest BCUT2D eigenvalue weighted by atomic mass is 10.1. The average molecular weight is 386 g/mol. The van der Waals surface area contributed by atoms with Gasteiger partial charge in [-0.05, 0) is 42.3 Å². The van der Waals surface area contributed by atoms with E-state index in [1.165, 1.54) is 20.3 Å². The predicted molar refractivity (Wildman–Crippen MR) is 106 cm³/mol. The fourth-order valence-corrected chi connectivity index (χ4v) is 3.35. The summed E-state index contributed by atoms with van der Waals surface area (Å²) in [5.74, 6) is 0.877. The van der Waals surface area contributed by atoms with Crippen LogP contribution < -0.4 is 14.4 Å². The Bertz CT molecular complexity index is 907. The molecule has 0 radical (unpaired) electrons. The van der Waals surface area contributed by atoms with Crippen molar-refractivity contribution in [2.24, 2.45) is 0 Å². The first kappa shape index (κ1) is 19.0. The normalized spacial score (nSPS) is 14.0. The number of ether oxygens (including phenoxy) is 2. The van der Waals surface area contributed by atoms with Crippen LogP contribution in [0, 0.1) is 0 Å². The Hall–Kier alpha value is -2.79. The number of anilines is 1. The lowest BCUT2D eigenvalue weighted by Gasteiger charge is -2.16. The number of rotatable bonds is 6. The summed E-state index contributed by atoms with van der Waals surface area (Å²) in [6.07, 6.45) is 4.54. The molecule has 0 atom stereocenters.